The van der Waals surface area contributed by atoms with E-state index < -0.39 is 0 Å². The van der Waals surface area contributed by atoms with E-state index in [1.165, 1.54) is 0 Å². The normalized spacial score (nSPS) is 11.3. The largest absolute Gasteiger partial charge is 0.349 e. The van der Waals surface area contributed by atoms with Crippen LogP contribution in [0.4, 0.5) is 0 Å². The van der Waals surface area contributed by atoms with Crippen LogP contribution in [0.3, 0.4) is 0 Å². The van der Waals surface area contributed by atoms with Crippen LogP contribution in [0.2, 0.25) is 0 Å². The summed E-state index contributed by atoms with van der Waals surface area (Å²) in [5, 5.41) is 11.9. The molecule has 4 nitrogen and oxygen atoms in total. The quantitative estimate of drug-likeness (QED) is 0.689. The molecule has 0 saturated carbocycles. The van der Waals surface area contributed by atoms with Gasteiger partial charge in [0.1, 0.15) is 5.82 Å². The molecule has 0 atom stereocenters. The Morgan fingerprint density at radius 2 is 2.38 bits per heavy atom. The maximum atomic E-state index is 8.54. The molecule has 0 aromatic carbocycles. The zero-order chi connectivity index (χ0) is 11.9. The second kappa shape index (κ2) is 6.29. The Morgan fingerprint density at radius 3 is 3.00 bits per heavy atom. The highest BCUT2D eigenvalue weighted by Crippen LogP contribution is 2.20. The molecule has 0 aliphatic rings. The maximum absolute atomic E-state index is 8.54. The van der Waals surface area contributed by atoms with E-state index in [-0.39, 0.29) is 5.41 Å². The minimum atomic E-state index is 0.193. The first kappa shape index (κ1) is 12.7. The van der Waals surface area contributed by atoms with Gasteiger partial charge in [-0.25, -0.2) is 4.98 Å². The molecule has 2 N–H and O–H groups in total. The van der Waals surface area contributed by atoms with Crippen LogP contribution in [-0.4, -0.2) is 23.1 Å². The number of nitrogens with one attached hydrogen (secondary N) is 2. The van der Waals surface area contributed by atoms with E-state index in [0.29, 0.717) is 6.42 Å². The van der Waals surface area contributed by atoms with Gasteiger partial charge in [0.05, 0.1) is 6.07 Å². The minimum absolute atomic E-state index is 0.193. The van der Waals surface area contributed by atoms with Gasteiger partial charge in [-0.1, -0.05) is 13.8 Å². The summed E-state index contributed by atoms with van der Waals surface area (Å²) in [7, 11) is 0. The lowest BCUT2D eigenvalue weighted by Crippen LogP contribution is -2.30. The van der Waals surface area contributed by atoms with Gasteiger partial charge in [-0.15, -0.1) is 0 Å². The molecule has 0 bridgehead atoms. The lowest BCUT2D eigenvalue weighted by Gasteiger charge is -2.23. The third kappa shape index (κ3) is 4.94. The average molecular weight is 220 g/mol. The van der Waals surface area contributed by atoms with E-state index in [2.05, 4.69) is 35.2 Å². The minimum Gasteiger partial charge on any atom is -0.349 e. The summed E-state index contributed by atoms with van der Waals surface area (Å²) in [4.78, 5) is 7.24. The highest BCUT2D eigenvalue weighted by Gasteiger charge is 2.16. The van der Waals surface area contributed by atoms with Gasteiger partial charge in [-0.05, 0) is 11.8 Å². The zero-order valence-electron chi connectivity index (χ0n) is 10.1. The van der Waals surface area contributed by atoms with Crippen LogP contribution in [0.5, 0.6) is 0 Å². The number of nitrogens with zero attached hydrogens (tertiary/aromatic N) is 2. The van der Waals surface area contributed by atoms with Crippen molar-refractivity contribution < 1.29 is 0 Å². The second-order valence-electron chi connectivity index (χ2n) is 4.78. The third-order valence-corrected chi connectivity index (χ3v) is 2.61. The lowest BCUT2D eigenvalue weighted by atomic mass is 9.88. The van der Waals surface area contributed by atoms with Crippen LogP contribution >= 0.6 is 0 Å². The molecule has 0 fully saturated rings. The number of aromatic nitrogens is 2. The molecule has 16 heavy (non-hydrogen) atoms. The molecule has 1 aromatic heterocycles. The molecule has 0 aliphatic heterocycles. The molecular formula is C12H20N4. The summed E-state index contributed by atoms with van der Waals surface area (Å²) in [6, 6.07) is 2.19. The number of H-pyrrole nitrogens is 1. The van der Waals surface area contributed by atoms with Gasteiger partial charge in [-0.2, -0.15) is 5.26 Å². The average Bonchev–Trinajstić information content (AvgIpc) is 2.75. The van der Waals surface area contributed by atoms with Crippen molar-refractivity contribution in [3.63, 3.8) is 0 Å². The molecule has 0 spiro atoms. The number of hydrogen-bond donors (Lipinski definition) is 2. The fourth-order valence-electron chi connectivity index (χ4n) is 1.55. The molecule has 0 amide bonds. The van der Waals surface area contributed by atoms with Crippen molar-refractivity contribution in [2.45, 2.75) is 33.1 Å². The van der Waals surface area contributed by atoms with Crippen molar-refractivity contribution in [3.05, 3.63) is 18.2 Å². The van der Waals surface area contributed by atoms with Gasteiger partial charge >= 0.3 is 0 Å². The van der Waals surface area contributed by atoms with Gasteiger partial charge in [0.25, 0.3) is 0 Å². The third-order valence-electron chi connectivity index (χ3n) is 2.61. The smallest absolute Gasteiger partial charge is 0.107 e. The Morgan fingerprint density at radius 1 is 1.56 bits per heavy atom. The Kier molecular flexibility index (Phi) is 5.00. The Bertz CT molecular complexity index is 321. The summed E-state index contributed by atoms with van der Waals surface area (Å²) in [6.45, 7) is 6.23. The predicted molar refractivity (Wildman–Crippen MR) is 63.8 cm³/mol. The van der Waals surface area contributed by atoms with Crippen LogP contribution in [-0.2, 0) is 6.42 Å². The Labute approximate surface area is 97.1 Å². The van der Waals surface area contributed by atoms with E-state index in [4.69, 9.17) is 5.26 Å². The molecule has 1 aromatic rings. The summed E-state index contributed by atoms with van der Waals surface area (Å²) < 4.78 is 0. The number of hydrogen-bond acceptors (Lipinski definition) is 3. The van der Waals surface area contributed by atoms with E-state index in [1.807, 2.05) is 6.20 Å². The van der Waals surface area contributed by atoms with Crippen LogP contribution in [0.25, 0.3) is 0 Å². The van der Waals surface area contributed by atoms with Crippen LogP contribution in [0.1, 0.15) is 32.5 Å². The molecule has 88 valence electrons. The maximum Gasteiger partial charge on any atom is 0.107 e. The van der Waals surface area contributed by atoms with Crippen LogP contribution < -0.4 is 5.32 Å². The van der Waals surface area contributed by atoms with Crippen molar-refractivity contribution in [2.24, 2.45) is 5.41 Å². The molecule has 1 rings (SSSR count). The molecular weight excluding hydrogens is 200 g/mol. The first-order chi connectivity index (χ1) is 7.64. The fourth-order valence-corrected chi connectivity index (χ4v) is 1.55. The zero-order valence-corrected chi connectivity index (χ0v) is 10.1. The van der Waals surface area contributed by atoms with E-state index in [9.17, 15) is 0 Å². The molecule has 4 heteroatoms. The highest BCUT2D eigenvalue weighted by atomic mass is 14.9. The monoisotopic (exact) mass is 220 g/mol. The van der Waals surface area contributed by atoms with Crippen molar-refractivity contribution >= 4 is 0 Å². The highest BCUT2D eigenvalue weighted by molar-refractivity contribution is 4.87. The van der Waals surface area contributed by atoms with E-state index >= 15 is 0 Å². The van der Waals surface area contributed by atoms with Crippen LogP contribution in [0.15, 0.2) is 12.4 Å². The lowest BCUT2D eigenvalue weighted by molar-refractivity contribution is 0.319. The fraction of sp³-hybridized carbons (Fsp3) is 0.667. The van der Waals surface area contributed by atoms with Crippen molar-refractivity contribution in [3.8, 4) is 6.07 Å². The first-order valence-corrected chi connectivity index (χ1v) is 5.70. The van der Waals surface area contributed by atoms with Gasteiger partial charge in [0, 0.05) is 38.3 Å². The first-order valence-electron chi connectivity index (χ1n) is 5.70. The van der Waals surface area contributed by atoms with Crippen molar-refractivity contribution in [1.82, 2.24) is 15.3 Å². The van der Waals surface area contributed by atoms with E-state index in [1.54, 1.807) is 6.20 Å². The Hall–Kier alpha value is -1.34. The molecule has 0 radical (unpaired) electrons. The van der Waals surface area contributed by atoms with Crippen molar-refractivity contribution in [2.75, 3.05) is 13.1 Å². The number of aromatic amines is 1. The number of rotatable bonds is 7. The number of nitriles is 1. The summed E-state index contributed by atoms with van der Waals surface area (Å²) in [5.41, 5.74) is 0.193. The topological polar surface area (TPSA) is 64.5 Å². The summed E-state index contributed by atoms with van der Waals surface area (Å²) >= 11 is 0. The standard InChI is InChI=1S/C12H20N4/c1-12(2,5-3-6-13)10-14-7-4-11-15-8-9-16-11/h8-9,14H,3-5,7,10H2,1-2H3,(H,15,16). The van der Waals surface area contributed by atoms with Crippen molar-refractivity contribution in [1.29, 1.82) is 5.26 Å². The summed E-state index contributed by atoms with van der Waals surface area (Å²) in [6.07, 6.45) is 6.10. The molecule has 0 saturated heterocycles. The summed E-state index contributed by atoms with van der Waals surface area (Å²) in [5.74, 6) is 1.02. The SMILES string of the molecule is CC(C)(CCC#N)CNCCc1ncc[nH]1. The van der Waals surface area contributed by atoms with Gasteiger partial charge < -0.3 is 10.3 Å². The van der Waals surface area contributed by atoms with Gasteiger partial charge in [-0.3, -0.25) is 0 Å². The van der Waals surface area contributed by atoms with Gasteiger partial charge in [0.15, 0.2) is 0 Å². The molecule has 0 aliphatic carbocycles. The van der Waals surface area contributed by atoms with E-state index in [0.717, 1.165) is 31.8 Å². The Balaban J connectivity index is 2.12. The molecule has 0 unspecified atom stereocenters. The number of imidazole rings is 1. The molecule has 1 heterocycles. The van der Waals surface area contributed by atoms with Crippen LogP contribution in [0, 0.1) is 16.7 Å². The second-order valence-corrected chi connectivity index (χ2v) is 4.78. The predicted octanol–water partition coefficient (Wildman–Crippen LogP) is 1.87. The van der Waals surface area contributed by atoms with Gasteiger partial charge in [0.2, 0.25) is 0 Å².